The summed E-state index contributed by atoms with van der Waals surface area (Å²) in [5.41, 5.74) is -0.302. The molecular weight excluding hydrogens is 307 g/mol. The van der Waals surface area contributed by atoms with Crippen LogP contribution in [0.15, 0.2) is 29.1 Å². The van der Waals surface area contributed by atoms with Crippen molar-refractivity contribution in [3.8, 4) is 0 Å². The van der Waals surface area contributed by atoms with E-state index in [4.69, 9.17) is 0 Å². The first kappa shape index (κ1) is 14.1. The predicted molar refractivity (Wildman–Crippen MR) is 77.6 cm³/mol. The van der Waals surface area contributed by atoms with E-state index < -0.39 is 0 Å². The van der Waals surface area contributed by atoms with Crippen LogP contribution in [-0.4, -0.2) is 30.7 Å². The standard InChI is InChI=1S/C14H18N2O2Se/c1-14(2,3)13(18)15-8-9-16-12(17)10-6-4-5-7-11(10)19-16/h4-7H,8-9H2,1-3H3,(H,15,18). The van der Waals surface area contributed by atoms with Gasteiger partial charge in [-0.15, -0.1) is 0 Å². The Kier molecular flexibility index (Phi) is 3.97. The molecule has 1 aromatic heterocycles. The maximum absolute atomic E-state index is 12.1. The number of carbonyl (C=O) groups excluding carboxylic acids is 1. The van der Waals surface area contributed by atoms with Crippen molar-refractivity contribution in [2.24, 2.45) is 5.41 Å². The Morgan fingerprint density at radius 3 is 2.63 bits per heavy atom. The zero-order valence-corrected chi connectivity index (χ0v) is 13.1. The Hall–Kier alpha value is -1.32. The van der Waals surface area contributed by atoms with Crippen LogP contribution in [0, 0.1) is 5.41 Å². The molecule has 5 heteroatoms. The second-order valence-electron chi connectivity index (χ2n) is 5.50. The molecule has 1 heterocycles. The van der Waals surface area contributed by atoms with E-state index in [0.29, 0.717) is 13.1 Å². The first-order chi connectivity index (χ1) is 8.89. The molecule has 0 fully saturated rings. The molecule has 102 valence electrons. The van der Waals surface area contributed by atoms with Crippen LogP contribution < -0.4 is 10.9 Å². The average Bonchev–Trinajstić information content (AvgIpc) is 2.66. The quantitative estimate of drug-likeness (QED) is 0.863. The molecule has 2 rings (SSSR count). The van der Waals surface area contributed by atoms with Gasteiger partial charge in [0.1, 0.15) is 0 Å². The molecule has 4 nitrogen and oxygen atoms in total. The van der Waals surface area contributed by atoms with Gasteiger partial charge >= 0.3 is 118 Å². The van der Waals surface area contributed by atoms with Gasteiger partial charge in [0.05, 0.1) is 0 Å². The average molecular weight is 325 g/mol. The van der Waals surface area contributed by atoms with Crippen LogP contribution in [0.2, 0.25) is 0 Å². The molecule has 1 amide bonds. The Morgan fingerprint density at radius 2 is 2.00 bits per heavy atom. The van der Waals surface area contributed by atoms with Crippen LogP contribution in [0.5, 0.6) is 0 Å². The number of hydrogen-bond acceptors (Lipinski definition) is 2. The van der Waals surface area contributed by atoms with Crippen molar-refractivity contribution < 1.29 is 4.79 Å². The number of hydrogen-bond donors (Lipinski definition) is 1. The fourth-order valence-electron chi connectivity index (χ4n) is 1.70. The van der Waals surface area contributed by atoms with Gasteiger partial charge in [-0.2, -0.15) is 0 Å². The van der Waals surface area contributed by atoms with Crippen LogP contribution in [0.3, 0.4) is 0 Å². The van der Waals surface area contributed by atoms with E-state index in [-0.39, 0.29) is 31.6 Å². The molecule has 0 aliphatic carbocycles. The Balaban J connectivity index is 2.05. The van der Waals surface area contributed by atoms with E-state index in [2.05, 4.69) is 5.32 Å². The third kappa shape index (κ3) is 3.17. The van der Waals surface area contributed by atoms with Crippen LogP contribution >= 0.6 is 0 Å². The fourth-order valence-corrected chi connectivity index (χ4v) is 3.79. The van der Waals surface area contributed by atoms with E-state index in [0.717, 1.165) is 9.65 Å². The van der Waals surface area contributed by atoms with Crippen molar-refractivity contribution in [1.29, 1.82) is 0 Å². The van der Waals surface area contributed by atoms with Crippen LogP contribution in [0.25, 0.3) is 9.65 Å². The van der Waals surface area contributed by atoms with Crippen molar-refractivity contribution >= 4 is 30.3 Å². The first-order valence-corrected chi connectivity index (χ1v) is 7.89. The number of fused-ring (bicyclic) bond motifs is 1. The minimum absolute atomic E-state index is 0.0177. The summed E-state index contributed by atoms with van der Waals surface area (Å²) in [7, 11) is 0. The number of carbonyl (C=O) groups is 1. The van der Waals surface area contributed by atoms with Crippen molar-refractivity contribution in [3.63, 3.8) is 0 Å². The normalized spacial score (nSPS) is 11.7. The van der Waals surface area contributed by atoms with Crippen molar-refractivity contribution in [2.45, 2.75) is 27.3 Å². The molecule has 1 aromatic carbocycles. The monoisotopic (exact) mass is 326 g/mol. The molecule has 1 N–H and O–H groups in total. The zero-order chi connectivity index (χ0) is 14.0. The summed E-state index contributed by atoms with van der Waals surface area (Å²) in [6.07, 6.45) is 0. The molecule has 0 aliphatic rings. The molecule has 0 spiro atoms. The van der Waals surface area contributed by atoms with E-state index in [1.165, 1.54) is 0 Å². The van der Waals surface area contributed by atoms with Gasteiger partial charge in [0, 0.05) is 0 Å². The molecule has 0 bridgehead atoms. The summed E-state index contributed by atoms with van der Waals surface area (Å²) in [4.78, 5) is 23.8. The Labute approximate surface area is 118 Å². The van der Waals surface area contributed by atoms with Gasteiger partial charge in [-0.1, -0.05) is 0 Å². The number of nitrogens with one attached hydrogen (secondary N) is 1. The predicted octanol–water partition coefficient (Wildman–Crippen LogP) is 1.22. The van der Waals surface area contributed by atoms with Gasteiger partial charge < -0.3 is 0 Å². The summed E-state index contributed by atoms with van der Waals surface area (Å²) in [6.45, 7) is 6.72. The Bertz CT molecular complexity index is 649. The topological polar surface area (TPSA) is 51.1 Å². The SMILES string of the molecule is CC(C)(C)C(=O)NCCn1[se]c2ccccc2c1=O. The number of benzene rings is 1. The van der Waals surface area contributed by atoms with Crippen LogP contribution in [-0.2, 0) is 11.3 Å². The summed E-state index contributed by atoms with van der Waals surface area (Å²) in [5, 5.41) is 3.68. The zero-order valence-electron chi connectivity index (χ0n) is 11.4. The summed E-state index contributed by atoms with van der Waals surface area (Å²) < 4.78 is 2.96. The summed E-state index contributed by atoms with van der Waals surface area (Å²) in [6, 6.07) is 7.71. The number of aromatic nitrogens is 1. The molecular formula is C14H18N2O2Se. The van der Waals surface area contributed by atoms with E-state index in [1.807, 2.05) is 48.6 Å². The van der Waals surface area contributed by atoms with Gasteiger partial charge in [0.25, 0.3) is 0 Å². The van der Waals surface area contributed by atoms with Crippen LogP contribution in [0.4, 0.5) is 0 Å². The first-order valence-electron chi connectivity index (χ1n) is 6.27. The molecule has 0 saturated carbocycles. The number of nitrogens with zero attached hydrogens (tertiary/aromatic N) is 1. The van der Waals surface area contributed by atoms with Gasteiger partial charge in [-0.05, 0) is 0 Å². The summed E-state index contributed by atoms with van der Waals surface area (Å²) >= 11 is 0.0418. The van der Waals surface area contributed by atoms with Crippen molar-refractivity contribution in [2.75, 3.05) is 6.54 Å². The third-order valence-electron chi connectivity index (χ3n) is 2.83. The second kappa shape index (κ2) is 5.35. The Morgan fingerprint density at radius 1 is 1.32 bits per heavy atom. The molecule has 0 radical (unpaired) electrons. The number of rotatable bonds is 3. The van der Waals surface area contributed by atoms with Gasteiger partial charge in [0.15, 0.2) is 0 Å². The van der Waals surface area contributed by atoms with Gasteiger partial charge in [-0.25, -0.2) is 0 Å². The molecule has 0 aliphatic heterocycles. The molecule has 19 heavy (non-hydrogen) atoms. The van der Waals surface area contributed by atoms with Crippen LogP contribution in [0.1, 0.15) is 20.8 Å². The molecule has 0 saturated heterocycles. The summed E-state index contributed by atoms with van der Waals surface area (Å²) in [5.74, 6) is 0.0177. The molecule has 2 aromatic rings. The van der Waals surface area contributed by atoms with Crippen molar-refractivity contribution in [3.05, 3.63) is 34.6 Å². The maximum atomic E-state index is 12.1. The fraction of sp³-hybridized carbons (Fsp3) is 0.429. The van der Waals surface area contributed by atoms with E-state index in [9.17, 15) is 9.59 Å². The molecule has 0 atom stereocenters. The minimum atomic E-state index is -0.386. The van der Waals surface area contributed by atoms with Crippen molar-refractivity contribution in [1.82, 2.24) is 8.88 Å². The van der Waals surface area contributed by atoms with E-state index in [1.54, 1.807) is 0 Å². The number of amides is 1. The molecule has 0 unspecified atom stereocenters. The second-order valence-corrected chi connectivity index (χ2v) is 7.73. The van der Waals surface area contributed by atoms with Gasteiger partial charge in [0.2, 0.25) is 0 Å². The third-order valence-corrected chi connectivity index (χ3v) is 5.19. The van der Waals surface area contributed by atoms with Gasteiger partial charge in [-0.3, -0.25) is 0 Å². The van der Waals surface area contributed by atoms with E-state index >= 15 is 0 Å².